The molecule has 0 aliphatic heterocycles. The molecule has 0 radical (unpaired) electrons. The van der Waals surface area contributed by atoms with Crippen LogP contribution < -0.4 is 11.2 Å². The van der Waals surface area contributed by atoms with Crippen molar-refractivity contribution < 1.29 is 0 Å². The first kappa shape index (κ1) is 9.77. The van der Waals surface area contributed by atoms with Crippen molar-refractivity contribution >= 4 is 0 Å². The van der Waals surface area contributed by atoms with Gasteiger partial charge in [-0.05, 0) is 6.92 Å². The molecule has 1 heterocycles. The summed E-state index contributed by atoms with van der Waals surface area (Å²) < 4.78 is 0. The molecule has 1 aromatic rings. The molecule has 1 saturated carbocycles. The highest BCUT2D eigenvalue weighted by Crippen LogP contribution is 2.15. The number of nitrogens with one attached hydrogen (secondary N) is 2. The van der Waals surface area contributed by atoms with E-state index in [0.717, 1.165) is 0 Å². The molecule has 1 aliphatic rings. The van der Waals surface area contributed by atoms with E-state index in [1.807, 2.05) is 0 Å². The minimum Gasteiger partial charge on any atom is -0.314 e. The molecule has 2 rings (SSSR count). The smallest absolute Gasteiger partial charge is 0.314 e. The monoisotopic (exact) mass is 182 g/mol. The third-order valence-corrected chi connectivity index (χ3v) is 2.00. The van der Waals surface area contributed by atoms with Gasteiger partial charge in [0.25, 0.3) is 5.56 Å². The number of H-pyrrole nitrogens is 2. The van der Waals surface area contributed by atoms with Crippen LogP contribution in [0, 0.1) is 6.92 Å². The molecule has 72 valence electrons. The molecule has 0 spiro atoms. The molecule has 0 unspecified atom stereocenters. The zero-order valence-electron chi connectivity index (χ0n) is 7.72. The van der Waals surface area contributed by atoms with Gasteiger partial charge >= 0.3 is 5.69 Å². The maximum absolute atomic E-state index is 10.6. The van der Waals surface area contributed by atoms with Gasteiger partial charge in [0.1, 0.15) is 0 Å². The molecule has 4 heteroatoms. The van der Waals surface area contributed by atoms with Crippen LogP contribution in [0.5, 0.6) is 0 Å². The topological polar surface area (TPSA) is 65.7 Å². The normalized spacial score (nSPS) is 13.9. The SMILES string of the molecule is C1CCC1.Cc1c[nH]c(=O)[nH]c1=O. The van der Waals surface area contributed by atoms with Crippen LogP contribution in [-0.2, 0) is 0 Å². The fraction of sp³-hybridized carbons (Fsp3) is 0.556. The summed E-state index contributed by atoms with van der Waals surface area (Å²) in [5, 5.41) is 0. The predicted octanol–water partition coefficient (Wildman–Crippen LogP) is 0.932. The summed E-state index contributed by atoms with van der Waals surface area (Å²) in [4.78, 5) is 25.3. The van der Waals surface area contributed by atoms with Crippen LogP contribution in [0.1, 0.15) is 31.2 Å². The number of aromatic amines is 2. The molecule has 1 fully saturated rings. The lowest BCUT2D eigenvalue weighted by atomic mass is 10.0. The van der Waals surface area contributed by atoms with E-state index in [4.69, 9.17) is 0 Å². The van der Waals surface area contributed by atoms with Crippen LogP contribution in [0.4, 0.5) is 0 Å². The van der Waals surface area contributed by atoms with E-state index in [-0.39, 0.29) is 5.56 Å². The van der Waals surface area contributed by atoms with E-state index in [2.05, 4.69) is 9.97 Å². The fourth-order valence-corrected chi connectivity index (χ4v) is 0.727. The average molecular weight is 182 g/mol. The van der Waals surface area contributed by atoms with Crippen molar-refractivity contribution in [1.29, 1.82) is 0 Å². The highest BCUT2D eigenvalue weighted by atomic mass is 16.2. The van der Waals surface area contributed by atoms with Crippen LogP contribution in [0.2, 0.25) is 0 Å². The van der Waals surface area contributed by atoms with Gasteiger partial charge < -0.3 is 4.98 Å². The third kappa shape index (κ3) is 3.27. The molecule has 0 bridgehead atoms. The van der Waals surface area contributed by atoms with E-state index in [1.54, 1.807) is 6.92 Å². The van der Waals surface area contributed by atoms with Crippen LogP contribution in [0.25, 0.3) is 0 Å². The van der Waals surface area contributed by atoms with E-state index < -0.39 is 5.69 Å². The molecule has 0 atom stereocenters. The van der Waals surface area contributed by atoms with Gasteiger partial charge in [-0.2, -0.15) is 0 Å². The van der Waals surface area contributed by atoms with E-state index in [0.29, 0.717) is 5.56 Å². The third-order valence-electron chi connectivity index (χ3n) is 2.00. The first-order valence-corrected chi connectivity index (χ1v) is 4.49. The molecule has 2 N–H and O–H groups in total. The number of hydrogen-bond donors (Lipinski definition) is 2. The summed E-state index contributed by atoms with van der Waals surface area (Å²) in [6, 6.07) is 0. The zero-order valence-corrected chi connectivity index (χ0v) is 7.72. The average Bonchev–Trinajstić information content (AvgIpc) is 1.94. The molecule has 0 saturated heterocycles. The second kappa shape index (κ2) is 4.64. The summed E-state index contributed by atoms with van der Waals surface area (Å²) >= 11 is 0. The molecule has 0 amide bonds. The number of aromatic nitrogens is 2. The van der Waals surface area contributed by atoms with Gasteiger partial charge in [0.15, 0.2) is 0 Å². The van der Waals surface area contributed by atoms with Crippen molar-refractivity contribution in [2.75, 3.05) is 0 Å². The predicted molar refractivity (Wildman–Crippen MR) is 50.9 cm³/mol. The largest absolute Gasteiger partial charge is 0.325 e. The Bertz CT molecular complexity index is 356. The molecule has 1 aromatic heterocycles. The van der Waals surface area contributed by atoms with Gasteiger partial charge in [-0.1, -0.05) is 25.7 Å². The van der Waals surface area contributed by atoms with Gasteiger partial charge in [-0.25, -0.2) is 4.79 Å². The van der Waals surface area contributed by atoms with Crippen molar-refractivity contribution in [3.8, 4) is 0 Å². The van der Waals surface area contributed by atoms with Gasteiger partial charge in [0.2, 0.25) is 0 Å². The van der Waals surface area contributed by atoms with Gasteiger partial charge in [0.05, 0.1) is 0 Å². The quantitative estimate of drug-likeness (QED) is 0.627. The maximum atomic E-state index is 10.6. The molecule has 13 heavy (non-hydrogen) atoms. The van der Waals surface area contributed by atoms with Crippen LogP contribution in [-0.4, -0.2) is 9.97 Å². The second-order valence-electron chi connectivity index (χ2n) is 3.17. The van der Waals surface area contributed by atoms with Crippen LogP contribution in [0.15, 0.2) is 15.8 Å². The van der Waals surface area contributed by atoms with E-state index >= 15 is 0 Å². The Labute approximate surface area is 76.0 Å². The lowest BCUT2D eigenvalue weighted by Crippen LogP contribution is -2.22. The highest BCUT2D eigenvalue weighted by molar-refractivity contribution is 4.98. The molecular weight excluding hydrogens is 168 g/mol. The summed E-state index contributed by atoms with van der Waals surface area (Å²) in [6.07, 6.45) is 7.38. The first-order chi connectivity index (χ1) is 6.20. The Morgan fingerprint density at radius 2 is 1.69 bits per heavy atom. The lowest BCUT2D eigenvalue weighted by molar-refractivity contribution is 0.504. The first-order valence-electron chi connectivity index (χ1n) is 4.49. The number of aryl methyl sites for hydroxylation is 1. The highest BCUT2D eigenvalue weighted by Gasteiger charge is 1.95. The molecule has 4 nitrogen and oxygen atoms in total. The summed E-state index contributed by atoms with van der Waals surface area (Å²) in [6.45, 7) is 1.62. The fourth-order valence-electron chi connectivity index (χ4n) is 0.727. The zero-order chi connectivity index (χ0) is 9.68. The molecule has 0 aromatic carbocycles. The summed E-state index contributed by atoms with van der Waals surface area (Å²) in [5.41, 5.74) is -0.293. The van der Waals surface area contributed by atoms with Crippen LogP contribution >= 0.6 is 0 Å². The summed E-state index contributed by atoms with van der Waals surface area (Å²) in [7, 11) is 0. The van der Waals surface area contributed by atoms with Crippen molar-refractivity contribution in [3.05, 3.63) is 32.6 Å². The van der Waals surface area contributed by atoms with E-state index in [1.165, 1.54) is 31.9 Å². The Hall–Kier alpha value is -1.32. The van der Waals surface area contributed by atoms with Crippen LogP contribution in [0.3, 0.4) is 0 Å². The Morgan fingerprint density at radius 1 is 1.15 bits per heavy atom. The van der Waals surface area contributed by atoms with Gasteiger partial charge in [-0.3, -0.25) is 9.78 Å². The van der Waals surface area contributed by atoms with Gasteiger partial charge in [0, 0.05) is 11.8 Å². The lowest BCUT2D eigenvalue weighted by Gasteiger charge is -2.05. The minimum atomic E-state index is -0.467. The number of rotatable bonds is 0. The van der Waals surface area contributed by atoms with Crippen molar-refractivity contribution in [2.24, 2.45) is 0 Å². The van der Waals surface area contributed by atoms with Crippen molar-refractivity contribution in [3.63, 3.8) is 0 Å². The van der Waals surface area contributed by atoms with Gasteiger partial charge in [-0.15, -0.1) is 0 Å². The Kier molecular flexibility index (Phi) is 3.49. The summed E-state index contributed by atoms with van der Waals surface area (Å²) in [5.74, 6) is 0. The maximum Gasteiger partial charge on any atom is 0.325 e. The van der Waals surface area contributed by atoms with E-state index in [9.17, 15) is 9.59 Å². The Morgan fingerprint density at radius 3 is 2.00 bits per heavy atom. The Balaban J connectivity index is 0.000000175. The van der Waals surface area contributed by atoms with Crippen molar-refractivity contribution in [1.82, 2.24) is 9.97 Å². The van der Waals surface area contributed by atoms with Crippen molar-refractivity contribution in [2.45, 2.75) is 32.6 Å². The molecular formula is C9H14N2O2. The second-order valence-corrected chi connectivity index (χ2v) is 3.17. The molecule has 1 aliphatic carbocycles. The standard InChI is InChI=1S/C5H6N2O2.C4H8/c1-3-2-6-5(9)7-4(3)8;1-2-4-3-1/h2H,1H3,(H2,6,7,8,9);1-4H2. The number of hydrogen-bond acceptors (Lipinski definition) is 2. The minimum absolute atomic E-state index is 0.334.